The molecule has 6 heteroatoms. The number of hydrogen-bond donors (Lipinski definition) is 2. The van der Waals surface area contributed by atoms with Gasteiger partial charge in [0.05, 0.1) is 12.6 Å². The highest BCUT2D eigenvalue weighted by Gasteiger charge is 2.14. The number of nitrogens with zero attached hydrogens (tertiary/aromatic N) is 3. The third-order valence-corrected chi connectivity index (χ3v) is 2.98. The molecule has 0 spiro atoms. The summed E-state index contributed by atoms with van der Waals surface area (Å²) in [5, 5.41) is 3.06. The number of guanidine groups is 1. The third kappa shape index (κ3) is 4.82. The van der Waals surface area contributed by atoms with Crippen molar-refractivity contribution in [1.29, 1.82) is 0 Å². The van der Waals surface area contributed by atoms with Gasteiger partial charge in [0.1, 0.15) is 5.82 Å². The summed E-state index contributed by atoms with van der Waals surface area (Å²) < 4.78 is 5.48. The smallest absolute Gasteiger partial charge is 0.188 e. The van der Waals surface area contributed by atoms with Gasteiger partial charge in [-0.2, -0.15) is 0 Å². The van der Waals surface area contributed by atoms with Crippen molar-refractivity contribution in [3.8, 4) is 0 Å². The molecule has 1 atom stereocenters. The largest absolute Gasteiger partial charge is 0.376 e. The first kappa shape index (κ1) is 13.7. The summed E-state index contributed by atoms with van der Waals surface area (Å²) in [7, 11) is 0. The minimum Gasteiger partial charge on any atom is -0.376 e. The van der Waals surface area contributed by atoms with Crippen LogP contribution in [0.5, 0.6) is 0 Å². The molecule has 0 aromatic carbocycles. The van der Waals surface area contributed by atoms with Crippen LogP contribution in [-0.2, 0) is 11.2 Å². The van der Waals surface area contributed by atoms with E-state index < -0.39 is 0 Å². The van der Waals surface area contributed by atoms with Crippen LogP contribution >= 0.6 is 0 Å². The summed E-state index contributed by atoms with van der Waals surface area (Å²) in [4.78, 5) is 12.7. The van der Waals surface area contributed by atoms with Crippen molar-refractivity contribution < 1.29 is 4.74 Å². The van der Waals surface area contributed by atoms with E-state index in [9.17, 15) is 0 Å². The third-order valence-electron chi connectivity index (χ3n) is 2.98. The van der Waals surface area contributed by atoms with E-state index in [1.165, 1.54) is 0 Å². The number of aliphatic imine (C=N–C) groups is 1. The minimum absolute atomic E-state index is 0.237. The molecule has 2 rings (SSSR count). The zero-order valence-electron chi connectivity index (χ0n) is 11.3. The van der Waals surface area contributed by atoms with Gasteiger partial charge in [-0.1, -0.05) is 0 Å². The molecule has 0 bridgehead atoms. The molecule has 1 aliphatic heterocycles. The Balaban J connectivity index is 1.66. The Kier molecular flexibility index (Phi) is 5.09. The van der Waals surface area contributed by atoms with Crippen LogP contribution in [0.25, 0.3) is 0 Å². The summed E-state index contributed by atoms with van der Waals surface area (Å²) in [6.07, 6.45) is 6.80. The molecule has 104 valence electrons. The fraction of sp³-hybridized carbons (Fsp3) is 0.615. The predicted molar refractivity (Wildman–Crippen MR) is 73.9 cm³/mol. The second kappa shape index (κ2) is 7.04. The summed E-state index contributed by atoms with van der Waals surface area (Å²) in [6, 6.07) is 0. The SMILES string of the molecule is Cc1cnc(CCNC(N)=NCC2CCCO2)nc1. The normalized spacial score (nSPS) is 19.6. The van der Waals surface area contributed by atoms with Gasteiger partial charge < -0.3 is 15.8 Å². The molecular weight excluding hydrogens is 242 g/mol. The summed E-state index contributed by atoms with van der Waals surface area (Å²) in [5.74, 6) is 1.27. The number of rotatable bonds is 5. The van der Waals surface area contributed by atoms with Crippen molar-refractivity contribution in [3.63, 3.8) is 0 Å². The molecule has 0 radical (unpaired) electrons. The van der Waals surface area contributed by atoms with Gasteiger partial charge in [0.2, 0.25) is 0 Å². The molecule has 1 unspecified atom stereocenters. The van der Waals surface area contributed by atoms with Crippen LogP contribution in [0.4, 0.5) is 0 Å². The highest BCUT2D eigenvalue weighted by atomic mass is 16.5. The van der Waals surface area contributed by atoms with Crippen molar-refractivity contribution in [1.82, 2.24) is 15.3 Å². The van der Waals surface area contributed by atoms with E-state index in [1.807, 2.05) is 19.3 Å². The lowest BCUT2D eigenvalue weighted by Gasteiger charge is -2.08. The lowest BCUT2D eigenvalue weighted by molar-refractivity contribution is 0.118. The number of ether oxygens (including phenoxy) is 1. The van der Waals surface area contributed by atoms with Crippen LogP contribution in [-0.4, -0.2) is 41.7 Å². The van der Waals surface area contributed by atoms with Crippen molar-refractivity contribution >= 4 is 5.96 Å². The number of nitrogens with one attached hydrogen (secondary N) is 1. The van der Waals surface area contributed by atoms with E-state index in [1.54, 1.807) is 0 Å². The first-order valence-electron chi connectivity index (χ1n) is 6.67. The van der Waals surface area contributed by atoms with Crippen LogP contribution in [0, 0.1) is 6.92 Å². The van der Waals surface area contributed by atoms with Crippen molar-refractivity contribution in [2.24, 2.45) is 10.7 Å². The molecular formula is C13H21N5O. The van der Waals surface area contributed by atoms with Gasteiger partial charge in [0.25, 0.3) is 0 Å². The lowest BCUT2D eigenvalue weighted by atomic mass is 10.2. The van der Waals surface area contributed by atoms with E-state index in [0.717, 1.165) is 37.3 Å². The first-order chi connectivity index (χ1) is 9.24. The Bertz CT molecular complexity index is 412. The molecule has 1 saturated heterocycles. The topological polar surface area (TPSA) is 85.4 Å². The Hall–Kier alpha value is -1.69. The molecule has 1 fully saturated rings. The average Bonchev–Trinajstić information content (AvgIpc) is 2.92. The van der Waals surface area contributed by atoms with Gasteiger partial charge in [-0.3, -0.25) is 4.99 Å². The quantitative estimate of drug-likeness (QED) is 0.593. The Morgan fingerprint density at radius 3 is 3.00 bits per heavy atom. The van der Waals surface area contributed by atoms with E-state index in [0.29, 0.717) is 19.0 Å². The molecule has 0 amide bonds. The molecule has 1 aromatic heterocycles. The average molecular weight is 263 g/mol. The maximum Gasteiger partial charge on any atom is 0.188 e. The fourth-order valence-electron chi connectivity index (χ4n) is 1.90. The van der Waals surface area contributed by atoms with Gasteiger partial charge in [-0.25, -0.2) is 9.97 Å². The van der Waals surface area contributed by atoms with E-state index >= 15 is 0 Å². The van der Waals surface area contributed by atoms with Gasteiger partial charge in [0, 0.05) is 32.0 Å². The second-order valence-corrected chi connectivity index (χ2v) is 4.71. The van der Waals surface area contributed by atoms with Gasteiger partial charge in [-0.05, 0) is 25.3 Å². The number of aryl methyl sites for hydroxylation is 1. The zero-order valence-corrected chi connectivity index (χ0v) is 11.3. The minimum atomic E-state index is 0.237. The predicted octanol–water partition coefficient (Wildman–Crippen LogP) is 0.411. The van der Waals surface area contributed by atoms with E-state index in [2.05, 4.69) is 20.3 Å². The van der Waals surface area contributed by atoms with Crippen LogP contribution < -0.4 is 11.1 Å². The molecule has 2 heterocycles. The fourth-order valence-corrected chi connectivity index (χ4v) is 1.90. The summed E-state index contributed by atoms with van der Waals surface area (Å²) in [6.45, 7) is 4.14. The maximum atomic E-state index is 5.78. The molecule has 1 aromatic rings. The van der Waals surface area contributed by atoms with Gasteiger partial charge in [0.15, 0.2) is 5.96 Å². The Labute approximate surface area is 113 Å². The molecule has 0 saturated carbocycles. The Morgan fingerprint density at radius 2 is 2.32 bits per heavy atom. The van der Waals surface area contributed by atoms with Crippen LogP contribution in [0.2, 0.25) is 0 Å². The van der Waals surface area contributed by atoms with Gasteiger partial charge >= 0.3 is 0 Å². The Morgan fingerprint density at radius 1 is 1.53 bits per heavy atom. The van der Waals surface area contributed by atoms with Gasteiger partial charge in [-0.15, -0.1) is 0 Å². The van der Waals surface area contributed by atoms with Crippen LogP contribution in [0.3, 0.4) is 0 Å². The van der Waals surface area contributed by atoms with E-state index in [-0.39, 0.29) is 6.10 Å². The first-order valence-corrected chi connectivity index (χ1v) is 6.67. The molecule has 1 aliphatic rings. The zero-order chi connectivity index (χ0) is 13.5. The number of hydrogen-bond acceptors (Lipinski definition) is 4. The molecule has 3 N–H and O–H groups in total. The highest BCUT2D eigenvalue weighted by molar-refractivity contribution is 5.77. The van der Waals surface area contributed by atoms with Crippen molar-refractivity contribution in [2.75, 3.05) is 19.7 Å². The van der Waals surface area contributed by atoms with Crippen molar-refractivity contribution in [3.05, 3.63) is 23.8 Å². The maximum absolute atomic E-state index is 5.78. The molecule has 6 nitrogen and oxygen atoms in total. The monoisotopic (exact) mass is 263 g/mol. The summed E-state index contributed by atoms with van der Waals surface area (Å²) in [5.41, 5.74) is 6.85. The lowest BCUT2D eigenvalue weighted by Crippen LogP contribution is -2.34. The highest BCUT2D eigenvalue weighted by Crippen LogP contribution is 2.11. The van der Waals surface area contributed by atoms with Crippen LogP contribution in [0.1, 0.15) is 24.2 Å². The van der Waals surface area contributed by atoms with Crippen molar-refractivity contribution in [2.45, 2.75) is 32.3 Å². The van der Waals surface area contributed by atoms with E-state index in [4.69, 9.17) is 10.5 Å². The second-order valence-electron chi connectivity index (χ2n) is 4.71. The number of aromatic nitrogens is 2. The summed E-state index contributed by atoms with van der Waals surface area (Å²) >= 11 is 0. The standard InChI is InChI=1S/C13H21N5O/c1-10-7-16-12(17-8-10)4-5-15-13(14)18-9-11-3-2-6-19-11/h7-8,11H,2-6,9H2,1H3,(H3,14,15,18). The number of nitrogens with two attached hydrogens (primary N) is 1. The molecule has 0 aliphatic carbocycles. The molecule has 19 heavy (non-hydrogen) atoms. The van der Waals surface area contributed by atoms with Crippen LogP contribution in [0.15, 0.2) is 17.4 Å².